The molecular weight excluding hydrogens is 275 g/mol. The molecule has 1 N–H and O–H groups in total. The number of hydrogen-bond acceptors (Lipinski definition) is 2. The highest BCUT2D eigenvalue weighted by molar-refractivity contribution is 9.10. The first-order valence-corrected chi connectivity index (χ1v) is 5.39. The van der Waals surface area contributed by atoms with Crippen molar-refractivity contribution in [2.45, 2.75) is 6.92 Å². The van der Waals surface area contributed by atoms with E-state index in [1.54, 1.807) is 19.1 Å². The molecule has 0 aliphatic carbocycles. The van der Waals surface area contributed by atoms with Crippen LogP contribution in [0.4, 0.5) is 4.39 Å². The number of rotatable bonds is 1. The number of halogens is 2. The second-order valence-electron chi connectivity index (χ2n) is 3.36. The first kappa shape index (κ1) is 11.0. The minimum atomic E-state index is -0.419. The van der Waals surface area contributed by atoms with Crippen molar-refractivity contribution in [3.63, 3.8) is 0 Å². The van der Waals surface area contributed by atoms with E-state index < -0.39 is 5.82 Å². The summed E-state index contributed by atoms with van der Waals surface area (Å²) in [7, 11) is 0. The Morgan fingerprint density at radius 2 is 2.12 bits per heavy atom. The van der Waals surface area contributed by atoms with Crippen molar-refractivity contribution in [2.24, 2.45) is 0 Å². The molecule has 2 aromatic rings. The van der Waals surface area contributed by atoms with E-state index in [1.165, 1.54) is 12.1 Å². The van der Waals surface area contributed by atoms with Crippen LogP contribution in [0.2, 0.25) is 0 Å². The van der Waals surface area contributed by atoms with E-state index in [9.17, 15) is 9.18 Å². The highest BCUT2D eigenvalue weighted by atomic mass is 79.9. The van der Waals surface area contributed by atoms with Crippen LogP contribution < -0.4 is 5.56 Å². The Kier molecular flexibility index (Phi) is 2.87. The van der Waals surface area contributed by atoms with Crippen molar-refractivity contribution >= 4 is 15.9 Å². The Morgan fingerprint density at radius 1 is 1.38 bits per heavy atom. The van der Waals surface area contributed by atoms with Crippen molar-refractivity contribution in [1.82, 2.24) is 9.97 Å². The highest BCUT2D eigenvalue weighted by Crippen LogP contribution is 2.22. The lowest BCUT2D eigenvalue weighted by Crippen LogP contribution is -2.09. The van der Waals surface area contributed by atoms with Gasteiger partial charge in [-0.3, -0.25) is 4.79 Å². The topological polar surface area (TPSA) is 45.8 Å². The van der Waals surface area contributed by atoms with E-state index in [0.29, 0.717) is 5.69 Å². The molecule has 1 heterocycles. The van der Waals surface area contributed by atoms with Gasteiger partial charge in [0.1, 0.15) is 11.6 Å². The van der Waals surface area contributed by atoms with E-state index in [2.05, 4.69) is 25.9 Å². The average molecular weight is 283 g/mol. The minimum absolute atomic E-state index is 0.240. The monoisotopic (exact) mass is 282 g/mol. The lowest BCUT2D eigenvalue weighted by atomic mass is 10.2. The zero-order chi connectivity index (χ0) is 11.7. The quantitative estimate of drug-likeness (QED) is 0.874. The number of nitrogens with zero attached hydrogens (tertiary/aromatic N) is 1. The molecule has 0 saturated carbocycles. The van der Waals surface area contributed by atoms with E-state index >= 15 is 0 Å². The average Bonchev–Trinajstić information content (AvgIpc) is 2.20. The maximum absolute atomic E-state index is 13.5. The van der Waals surface area contributed by atoms with Crippen LogP contribution in [0.1, 0.15) is 5.69 Å². The van der Waals surface area contributed by atoms with Crippen molar-refractivity contribution in [1.29, 1.82) is 0 Å². The minimum Gasteiger partial charge on any atom is -0.306 e. The van der Waals surface area contributed by atoms with Gasteiger partial charge in [0.2, 0.25) is 0 Å². The fourth-order valence-electron chi connectivity index (χ4n) is 1.39. The Labute approximate surface area is 99.5 Å². The SMILES string of the molecule is Cc1cc(=O)[nH]c(-c2cc(Br)ccc2F)n1. The van der Waals surface area contributed by atoms with Gasteiger partial charge < -0.3 is 4.98 Å². The Hall–Kier alpha value is -1.49. The van der Waals surface area contributed by atoms with Crippen LogP contribution in [-0.2, 0) is 0 Å². The Morgan fingerprint density at radius 3 is 2.81 bits per heavy atom. The molecule has 5 heteroatoms. The van der Waals surface area contributed by atoms with Gasteiger partial charge in [-0.25, -0.2) is 9.37 Å². The first-order valence-electron chi connectivity index (χ1n) is 4.59. The van der Waals surface area contributed by atoms with E-state index in [4.69, 9.17) is 0 Å². The molecule has 0 amide bonds. The third-order valence-corrected chi connectivity index (χ3v) is 2.55. The summed E-state index contributed by atoms with van der Waals surface area (Å²) in [6.45, 7) is 1.69. The van der Waals surface area contributed by atoms with Crippen LogP contribution in [0.15, 0.2) is 33.5 Å². The van der Waals surface area contributed by atoms with Gasteiger partial charge in [0.05, 0.1) is 5.56 Å². The molecule has 2 rings (SSSR count). The van der Waals surface area contributed by atoms with E-state index in [0.717, 1.165) is 4.47 Å². The lowest BCUT2D eigenvalue weighted by Gasteiger charge is -2.03. The van der Waals surface area contributed by atoms with Crippen molar-refractivity contribution in [3.8, 4) is 11.4 Å². The zero-order valence-corrected chi connectivity index (χ0v) is 10.0. The van der Waals surface area contributed by atoms with Crippen LogP contribution in [0.3, 0.4) is 0 Å². The van der Waals surface area contributed by atoms with Crippen molar-refractivity contribution in [3.05, 3.63) is 50.6 Å². The molecule has 0 atom stereocenters. The fourth-order valence-corrected chi connectivity index (χ4v) is 1.75. The maximum atomic E-state index is 13.5. The molecule has 1 aromatic carbocycles. The number of aromatic amines is 1. The molecule has 3 nitrogen and oxygen atoms in total. The van der Waals surface area contributed by atoms with Crippen molar-refractivity contribution in [2.75, 3.05) is 0 Å². The number of aryl methyl sites for hydroxylation is 1. The summed E-state index contributed by atoms with van der Waals surface area (Å²) in [5, 5.41) is 0. The van der Waals surface area contributed by atoms with Crippen LogP contribution in [-0.4, -0.2) is 9.97 Å². The number of nitrogens with one attached hydrogen (secondary N) is 1. The second kappa shape index (κ2) is 4.17. The van der Waals surface area contributed by atoms with Gasteiger partial charge >= 0.3 is 0 Å². The van der Waals surface area contributed by atoms with Crippen LogP contribution in [0.5, 0.6) is 0 Å². The molecule has 0 bridgehead atoms. The predicted molar refractivity (Wildman–Crippen MR) is 62.7 cm³/mol. The Balaban J connectivity index is 2.66. The van der Waals surface area contributed by atoms with Gasteiger partial charge in [-0.15, -0.1) is 0 Å². The molecule has 0 aliphatic rings. The number of hydrogen-bond donors (Lipinski definition) is 1. The summed E-state index contributed by atoms with van der Waals surface area (Å²) < 4.78 is 14.3. The van der Waals surface area contributed by atoms with E-state index in [1.807, 2.05) is 0 Å². The standard InChI is InChI=1S/C11H8BrFN2O/c1-6-4-10(16)15-11(14-6)8-5-7(12)2-3-9(8)13/h2-5H,1H3,(H,14,15,16). The lowest BCUT2D eigenvalue weighted by molar-refractivity contribution is 0.629. The maximum Gasteiger partial charge on any atom is 0.251 e. The molecular formula is C11H8BrFN2O. The summed E-state index contributed by atoms with van der Waals surface area (Å²) in [5.74, 6) is -0.180. The molecule has 82 valence electrons. The van der Waals surface area contributed by atoms with Crippen LogP contribution in [0, 0.1) is 12.7 Å². The summed E-state index contributed by atoms with van der Waals surface area (Å²) in [4.78, 5) is 17.8. The zero-order valence-electron chi connectivity index (χ0n) is 8.42. The smallest absolute Gasteiger partial charge is 0.251 e. The molecule has 0 unspecified atom stereocenters. The molecule has 0 saturated heterocycles. The molecule has 1 aromatic heterocycles. The number of benzene rings is 1. The second-order valence-corrected chi connectivity index (χ2v) is 4.28. The van der Waals surface area contributed by atoms with Gasteiger partial charge in [-0.1, -0.05) is 15.9 Å². The van der Waals surface area contributed by atoms with Crippen molar-refractivity contribution < 1.29 is 4.39 Å². The largest absolute Gasteiger partial charge is 0.306 e. The van der Waals surface area contributed by atoms with Crippen LogP contribution >= 0.6 is 15.9 Å². The van der Waals surface area contributed by atoms with Gasteiger partial charge in [0, 0.05) is 16.2 Å². The third-order valence-electron chi connectivity index (χ3n) is 2.05. The summed E-state index contributed by atoms with van der Waals surface area (Å²) >= 11 is 3.24. The molecule has 16 heavy (non-hydrogen) atoms. The van der Waals surface area contributed by atoms with Gasteiger partial charge in [-0.2, -0.15) is 0 Å². The molecule has 0 aliphatic heterocycles. The Bertz CT molecular complexity index is 595. The van der Waals surface area contributed by atoms with E-state index in [-0.39, 0.29) is 16.9 Å². The first-order chi connectivity index (χ1) is 7.56. The highest BCUT2D eigenvalue weighted by Gasteiger charge is 2.08. The van der Waals surface area contributed by atoms with Gasteiger partial charge in [-0.05, 0) is 25.1 Å². The van der Waals surface area contributed by atoms with Gasteiger partial charge in [0.25, 0.3) is 5.56 Å². The number of H-pyrrole nitrogens is 1. The molecule has 0 spiro atoms. The van der Waals surface area contributed by atoms with Crippen LogP contribution in [0.25, 0.3) is 11.4 Å². The summed E-state index contributed by atoms with van der Waals surface area (Å²) in [5.41, 5.74) is 0.537. The fraction of sp³-hybridized carbons (Fsp3) is 0.0909. The summed E-state index contributed by atoms with van der Waals surface area (Å²) in [6.07, 6.45) is 0. The summed E-state index contributed by atoms with van der Waals surface area (Å²) in [6, 6.07) is 5.85. The molecule has 0 radical (unpaired) electrons. The molecule has 0 fully saturated rings. The van der Waals surface area contributed by atoms with Gasteiger partial charge in [0.15, 0.2) is 0 Å². The predicted octanol–water partition coefficient (Wildman–Crippen LogP) is 2.65. The third kappa shape index (κ3) is 2.19. The number of aromatic nitrogens is 2. The normalized spacial score (nSPS) is 10.4.